The molecule has 2 aliphatic heterocycles. The predicted octanol–water partition coefficient (Wildman–Crippen LogP) is 1.45. The number of hydrogen-bond donors (Lipinski definition) is 3. The van der Waals surface area contributed by atoms with Gasteiger partial charge in [0, 0.05) is 12.2 Å². The highest BCUT2D eigenvalue weighted by molar-refractivity contribution is 6.04. The Morgan fingerprint density at radius 1 is 1.14 bits per heavy atom. The summed E-state index contributed by atoms with van der Waals surface area (Å²) in [5, 5.41) is 11.2. The van der Waals surface area contributed by atoms with Gasteiger partial charge in [0.2, 0.25) is 11.5 Å². The van der Waals surface area contributed by atoms with Crippen molar-refractivity contribution in [1.82, 2.24) is 0 Å². The Morgan fingerprint density at radius 2 is 1.76 bits per heavy atom. The topological polar surface area (TPSA) is 119 Å². The van der Waals surface area contributed by atoms with E-state index in [9.17, 15) is 14.7 Å². The molecule has 4 aliphatic carbocycles. The Morgan fingerprint density at radius 3 is 2.31 bits per heavy atom. The number of amides is 2. The fraction of sp³-hybridized carbons (Fsp3) is 0.591. The van der Waals surface area contributed by atoms with Crippen LogP contribution in [0, 0.1) is 23.2 Å². The van der Waals surface area contributed by atoms with Crippen molar-refractivity contribution in [3.05, 3.63) is 35.8 Å². The molecule has 0 aromatic rings. The molecule has 154 valence electrons. The number of rotatable bonds is 6. The molecule has 6 rings (SSSR count). The molecule has 2 unspecified atom stereocenters. The molecular formula is C22H29N4O3+. The van der Waals surface area contributed by atoms with Crippen LogP contribution in [-0.4, -0.2) is 39.9 Å². The van der Waals surface area contributed by atoms with Crippen molar-refractivity contribution in [3.8, 4) is 0 Å². The van der Waals surface area contributed by atoms with Gasteiger partial charge in [0.25, 0.3) is 5.91 Å². The number of carbonyl (C=O) groups is 2. The third-order valence-electron chi connectivity index (χ3n) is 7.75. The Balaban J connectivity index is 1.42. The molecule has 4 saturated carbocycles. The van der Waals surface area contributed by atoms with E-state index in [-0.39, 0.29) is 22.1 Å². The fourth-order valence-electron chi connectivity index (χ4n) is 7.32. The highest BCUT2D eigenvalue weighted by Gasteiger charge is 2.53. The van der Waals surface area contributed by atoms with Crippen molar-refractivity contribution in [2.75, 3.05) is 6.54 Å². The number of aliphatic hydroxyl groups is 1. The Bertz CT molecular complexity index is 864. The smallest absolute Gasteiger partial charge is 0.303 e. The average molecular weight is 397 g/mol. The molecule has 4 fully saturated rings. The van der Waals surface area contributed by atoms with Crippen LogP contribution in [0.2, 0.25) is 0 Å². The van der Waals surface area contributed by atoms with Crippen molar-refractivity contribution in [2.24, 2.45) is 39.6 Å². The van der Waals surface area contributed by atoms with Crippen LogP contribution in [0.4, 0.5) is 0 Å². The summed E-state index contributed by atoms with van der Waals surface area (Å²) >= 11 is 0. The monoisotopic (exact) mass is 397 g/mol. The van der Waals surface area contributed by atoms with E-state index in [1.54, 1.807) is 24.4 Å². The van der Waals surface area contributed by atoms with Crippen LogP contribution in [0.15, 0.2) is 40.8 Å². The zero-order valence-electron chi connectivity index (χ0n) is 16.6. The molecule has 0 saturated heterocycles. The van der Waals surface area contributed by atoms with Gasteiger partial charge < -0.3 is 16.6 Å². The number of hydrogen-bond acceptors (Lipinski definition) is 4. The lowest BCUT2D eigenvalue weighted by Crippen LogP contribution is -2.55. The maximum Gasteiger partial charge on any atom is 0.303 e. The second kappa shape index (κ2) is 6.37. The highest BCUT2D eigenvalue weighted by Crippen LogP contribution is 2.61. The van der Waals surface area contributed by atoms with Gasteiger partial charge in [-0.1, -0.05) is 0 Å². The summed E-state index contributed by atoms with van der Waals surface area (Å²) in [6.07, 6.45) is 14.4. The van der Waals surface area contributed by atoms with Gasteiger partial charge in [0.05, 0.1) is 0 Å². The van der Waals surface area contributed by atoms with Crippen LogP contribution in [0.5, 0.6) is 0 Å². The fourth-order valence-corrected chi connectivity index (χ4v) is 7.32. The summed E-state index contributed by atoms with van der Waals surface area (Å²) in [6, 6.07) is 0. The molecule has 6 aliphatic rings. The standard InChI is InChI=1S/C22H28N4O3/c23-20(28)17-12-26(18(21(24)29)2-1-3-19(26)25-17)11-16(27)10-22-7-13-4-14(8-22)6-15(5-13)9-22/h1-3,12-16,27H,4-11H2,(H3-,23,24,28,29)/p+1. The summed E-state index contributed by atoms with van der Waals surface area (Å²) < 4.78 is -0.127. The molecule has 2 atom stereocenters. The first-order valence-electron chi connectivity index (χ1n) is 10.7. The molecule has 0 aromatic carbocycles. The van der Waals surface area contributed by atoms with E-state index >= 15 is 0 Å². The minimum absolute atomic E-state index is 0.0979. The van der Waals surface area contributed by atoms with Gasteiger partial charge in [-0.3, -0.25) is 9.59 Å². The van der Waals surface area contributed by atoms with E-state index < -0.39 is 17.9 Å². The number of aliphatic hydroxyl groups excluding tert-OH is 1. The second-order valence-electron chi connectivity index (χ2n) is 9.95. The largest absolute Gasteiger partial charge is 0.387 e. The van der Waals surface area contributed by atoms with Crippen molar-refractivity contribution >= 4 is 17.6 Å². The summed E-state index contributed by atoms with van der Waals surface area (Å²) in [5.41, 5.74) is 11.7. The lowest BCUT2D eigenvalue weighted by molar-refractivity contribution is -0.744. The summed E-state index contributed by atoms with van der Waals surface area (Å²) in [6.45, 7) is 0.233. The van der Waals surface area contributed by atoms with Crippen LogP contribution >= 0.6 is 0 Å². The van der Waals surface area contributed by atoms with Gasteiger partial charge in [-0.25, -0.2) is 4.48 Å². The SMILES string of the molecule is NC(=O)C1=C[N+]2(CC(O)CC34CC5CC(CC(C5)C3)C4)C(C(N)=O)=CC=CC2=N1. The Hall–Kier alpha value is -2.25. The lowest BCUT2D eigenvalue weighted by atomic mass is 9.48. The molecule has 29 heavy (non-hydrogen) atoms. The zero-order valence-corrected chi connectivity index (χ0v) is 16.6. The minimum atomic E-state index is -0.655. The number of nitrogens with two attached hydrogens (primary N) is 2. The molecule has 7 nitrogen and oxygen atoms in total. The van der Waals surface area contributed by atoms with E-state index in [4.69, 9.17) is 11.5 Å². The van der Waals surface area contributed by atoms with E-state index in [0.29, 0.717) is 11.5 Å². The third kappa shape index (κ3) is 2.99. The van der Waals surface area contributed by atoms with Gasteiger partial charge in [0.15, 0.2) is 5.70 Å². The van der Waals surface area contributed by atoms with Crippen molar-refractivity contribution in [3.63, 3.8) is 0 Å². The molecular weight excluding hydrogens is 368 g/mol. The van der Waals surface area contributed by atoms with E-state index in [0.717, 1.165) is 24.2 Å². The lowest BCUT2D eigenvalue weighted by Gasteiger charge is -2.57. The summed E-state index contributed by atoms with van der Waals surface area (Å²) in [4.78, 5) is 28.3. The number of amidine groups is 1. The van der Waals surface area contributed by atoms with Gasteiger partial charge >= 0.3 is 5.91 Å². The van der Waals surface area contributed by atoms with Crippen LogP contribution in [0.1, 0.15) is 44.9 Å². The van der Waals surface area contributed by atoms with E-state index in [1.807, 2.05) is 0 Å². The first-order chi connectivity index (χ1) is 13.8. The Labute approximate surface area is 170 Å². The number of nitrogens with zero attached hydrogens (tertiary/aromatic N) is 2. The quantitative estimate of drug-likeness (QED) is 0.589. The van der Waals surface area contributed by atoms with Crippen molar-refractivity contribution < 1.29 is 19.2 Å². The van der Waals surface area contributed by atoms with Gasteiger partial charge in [-0.15, -0.1) is 0 Å². The average Bonchev–Trinajstić information content (AvgIpc) is 2.98. The molecule has 0 aromatic heterocycles. The first-order valence-corrected chi connectivity index (χ1v) is 10.7. The second-order valence-corrected chi connectivity index (χ2v) is 9.95. The first kappa shape index (κ1) is 18.8. The van der Waals surface area contributed by atoms with Gasteiger partial charge in [-0.2, -0.15) is 4.99 Å². The van der Waals surface area contributed by atoms with Crippen molar-refractivity contribution in [1.29, 1.82) is 0 Å². The van der Waals surface area contributed by atoms with E-state index in [1.165, 1.54) is 38.5 Å². The van der Waals surface area contributed by atoms with E-state index in [2.05, 4.69) is 4.99 Å². The van der Waals surface area contributed by atoms with Crippen LogP contribution in [-0.2, 0) is 9.59 Å². The van der Waals surface area contributed by atoms with Gasteiger partial charge in [0.1, 0.15) is 18.8 Å². The molecule has 0 radical (unpaired) electrons. The number of quaternary nitrogens is 1. The maximum atomic E-state index is 12.2. The van der Waals surface area contributed by atoms with Crippen LogP contribution in [0.3, 0.4) is 0 Å². The molecule has 4 bridgehead atoms. The number of fused-ring (bicyclic) bond motifs is 1. The van der Waals surface area contributed by atoms with Gasteiger partial charge in [-0.05, 0) is 74.2 Å². The van der Waals surface area contributed by atoms with Crippen molar-refractivity contribution in [2.45, 2.75) is 51.0 Å². The summed E-state index contributed by atoms with van der Waals surface area (Å²) in [5.74, 6) is 1.68. The number of aliphatic imine (C=N–C) groups is 1. The highest BCUT2D eigenvalue weighted by atomic mass is 16.3. The minimum Gasteiger partial charge on any atom is -0.387 e. The molecule has 2 heterocycles. The van der Waals surface area contributed by atoms with Crippen LogP contribution in [0.25, 0.3) is 0 Å². The summed E-state index contributed by atoms with van der Waals surface area (Å²) in [7, 11) is 0. The normalized spacial score (nSPS) is 40.2. The molecule has 7 heteroatoms. The molecule has 2 amide bonds. The number of allylic oxidation sites excluding steroid dienone is 2. The zero-order chi connectivity index (χ0) is 20.4. The predicted molar refractivity (Wildman–Crippen MR) is 107 cm³/mol. The third-order valence-corrected chi connectivity index (χ3v) is 7.75. The Kier molecular flexibility index (Phi) is 4.12. The molecule has 0 spiro atoms. The molecule has 5 N–H and O–H groups in total. The maximum absolute atomic E-state index is 12.2. The van der Waals surface area contributed by atoms with Crippen LogP contribution < -0.4 is 11.5 Å². The number of primary amides is 2. The number of carbonyl (C=O) groups excluding carboxylic acids is 2.